The number of carboxylic acids is 1. The lowest BCUT2D eigenvalue weighted by Gasteiger charge is -2.46. The minimum absolute atomic E-state index is 0. The molecule has 12 heteroatoms. The molecule has 1 saturated heterocycles. The van der Waals surface area contributed by atoms with Crippen molar-refractivity contribution in [3.05, 3.63) is 89.1 Å². The topological polar surface area (TPSA) is 90.0 Å². The maximum Gasteiger partial charge on any atom is 0.352 e. The van der Waals surface area contributed by atoms with Gasteiger partial charge in [0.2, 0.25) is 15.8 Å². The Morgan fingerprint density at radius 2 is 1.76 bits per heavy atom. The van der Waals surface area contributed by atoms with Gasteiger partial charge >= 0.3 is 5.97 Å². The molecular formula is C29H30Br2N4O4S2. The largest absolute Gasteiger partial charge is 1.00 e. The number of aliphatic hydroxyl groups excluding tert-OH is 1. The number of aliphatic carboxylic acids is 1. The van der Waals surface area contributed by atoms with Crippen molar-refractivity contribution in [2.45, 2.75) is 44.1 Å². The van der Waals surface area contributed by atoms with Crippen LogP contribution in [-0.2, 0) is 22.7 Å². The molecule has 4 aromatic rings. The third kappa shape index (κ3) is 5.29. The highest BCUT2D eigenvalue weighted by atomic mass is 79.9. The lowest BCUT2D eigenvalue weighted by Crippen LogP contribution is -3.00. The van der Waals surface area contributed by atoms with Gasteiger partial charge in [-0.05, 0) is 13.2 Å². The van der Waals surface area contributed by atoms with Crippen molar-refractivity contribution in [2.24, 2.45) is 11.8 Å². The number of carbonyl (C=O) groups excluding carboxylic acids is 1. The van der Waals surface area contributed by atoms with E-state index in [2.05, 4.69) is 62.8 Å². The Kier molecular flexibility index (Phi) is 9.49. The van der Waals surface area contributed by atoms with Crippen molar-refractivity contribution >= 4 is 45.4 Å². The molecule has 0 saturated carbocycles. The van der Waals surface area contributed by atoms with Crippen LogP contribution < -0.4 is 43.1 Å². The number of nitrogens with zero attached hydrogens (tertiary/aromatic N) is 4. The molecule has 5 heterocycles. The third-order valence-electron chi connectivity index (χ3n) is 7.83. The Labute approximate surface area is 267 Å². The lowest BCUT2D eigenvalue weighted by atomic mass is 9.77. The zero-order valence-corrected chi connectivity index (χ0v) is 27.5. The molecule has 0 spiro atoms. The summed E-state index contributed by atoms with van der Waals surface area (Å²) in [7, 11) is 0. The zero-order valence-electron chi connectivity index (χ0n) is 22.6. The molecule has 6 rings (SSSR count). The Morgan fingerprint density at radius 3 is 2.37 bits per heavy atom. The van der Waals surface area contributed by atoms with E-state index >= 15 is 0 Å². The molecule has 0 aliphatic carbocycles. The number of fused-ring (bicyclic) bond motifs is 2. The van der Waals surface area contributed by atoms with Crippen molar-refractivity contribution in [1.82, 2.24) is 9.30 Å². The van der Waals surface area contributed by atoms with E-state index in [0.717, 1.165) is 21.3 Å². The molecule has 2 aliphatic heterocycles. The fourth-order valence-electron chi connectivity index (χ4n) is 6.05. The fourth-order valence-corrected chi connectivity index (χ4v) is 8.23. The normalized spacial score (nSPS) is 20.3. The second kappa shape index (κ2) is 12.4. The molecule has 0 unspecified atom stereocenters. The minimum atomic E-state index is -1.11. The average Bonchev–Trinajstić information content (AvgIpc) is 3.52. The number of aromatic nitrogens is 3. The van der Waals surface area contributed by atoms with Crippen LogP contribution in [0.1, 0.15) is 29.9 Å². The van der Waals surface area contributed by atoms with E-state index in [9.17, 15) is 19.8 Å². The van der Waals surface area contributed by atoms with Gasteiger partial charge < -0.3 is 49.1 Å². The average molecular weight is 723 g/mol. The van der Waals surface area contributed by atoms with Crippen molar-refractivity contribution in [3.8, 4) is 0 Å². The van der Waals surface area contributed by atoms with Crippen molar-refractivity contribution < 1.29 is 62.9 Å². The van der Waals surface area contributed by atoms with E-state index in [1.165, 1.54) is 16.0 Å². The zero-order chi connectivity index (χ0) is 27.4. The minimum Gasteiger partial charge on any atom is -1.00 e. The SMILES string of the molecule is CSc1c2sc(C3=C(C(=O)O)N4C(=O)[C@H]([C@@H](C)O)[C@H]4[C@H]3C)cn2c[n+]1Cc1ccccc1C[n+]1ccccc1.[Br-].[Br-]. The van der Waals surface area contributed by atoms with Crippen LogP contribution in [0, 0.1) is 11.8 Å². The number of amides is 1. The highest BCUT2D eigenvalue weighted by Gasteiger charge is 2.60. The molecule has 2 N–H and O–H groups in total. The number of β-lactam (4-membered cyclic amide) rings is 1. The summed E-state index contributed by atoms with van der Waals surface area (Å²) in [5.74, 6) is -2.19. The molecule has 0 radical (unpaired) electrons. The van der Waals surface area contributed by atoms with Gasteiger partial charge in [0.15, 0.2) is 18.9 Å². The van der Waals surface area contributed by atoms with Crippen LogP contribution in [0.4, 0.5) is 0 Å². The molecule has 8 nitrogen and oxygen atoms in total. The first-order valence-electron chi connectivity index (χ1n) is 12.9. The Hall–Kier alpha value is -2.51. The number of carbonyl (C=O) groups is 2. The summed E-state index contributed by atoms with van der Waals surface area (Å²) < 4.78 is 6.46. The number of rotatable bonds is 8. The summed E-state index contributed by atoms with van der Waals surface area (Å²) in [5, 5.41) is 21.3. The molecule has 4 atom stereocenters. The van der Waals surface area contributed by atoms with Crippen LogP contribution >= 0.6 is 23.1 Å². The van der Waals surface area contributed by atoms with Gasteiger partial charge in [0.1, 0.15) is 18.4 Å². The van der Waals surface area contributed by atoms with Gasteiger partial charge in [-0.2, -0.15) is 4.40 Å². The van der Waals surface area contributed by atoms with E-state index in [4.69, 9.17) is 0 Å². The van der Waals surface area contributed by atoms with Crippen LogP contribution in [0.25, 0.3) is 10.4 Å². The molecule has 1 amide bonds. The quantitative estimate of drug-likeness (QED) is 0.116. The van der Waals surface area contributed by atoms with Crippen molar-refractivity contribution in [1.29, 1.82) is 0 Å². The monoisotopic (exact) mass is 720 g/mol. The Balaban J connectivity index is 0.00000194. The molecule has 216 valence electrons. The third-order valence-corrected chi connectivity index (χ3v) is 9.91. The molecule has 1 fully saturated rings. The molecule has 3 aromatic heterocycles. The molecule has 41 heavy (non-hydrogen) atoms. The predicted molar refractivity (Wildman–Crippen MR) is 148 cm³/mol. The first kappa shape index (κ1) is 31.4. The lowest BCUT2D eigenvalue weighted by molar-refractivity contribution is -0.722. The van der Waals surface area contributed by atoms with Gasteiger partial charge in [0.25, 0.3) is 6.33 Å². The summed E-state index contributed by atoms with van der Waals surface area (Å²) in [6.45, 7) is 5.05. The number of pyridine rings is 1. The van der Waals surface area contributed by atoms with Gasteiger partial charge in [-0.1, -0.05) is 60.4 Å². The maximum absolute atomic E-state index is 12.8. The Bertz CT molecular complexity index is 1640. The molecule has 1 aromatic carbocycles. The number of imidazole rings is 1. The van der Waals surface area contributed by atoms with Gasteiger partial charge in [-0.3, -0.25) is 4.79 Å². The summed E-state index contributed by atoms with van der Waals surface area (Å²) in [5.41, 5.74) is 3.20. The molecule has 2 aliphatic rings. The predicted octanol–water partition coefficient (Wildman–Crippen LogP) is -2.94. The highest BCUT2D eigenvalue weighted by Crippen LogP contribution is 2.51. The number of benzene rings is 1. The number of halogens is 2. The van der Waals surface area contributed by atoms with E-state index in [0.29, 0.717) is 12.1 Å². The summed E-state index contributed by atoms with van der Waals surface area (Å²) in [6, 6.07) is 14.2. The number of hydrogen-bond acceptors (Lipinski definition) is 5. The number of carboxylic acid groups (broad SMARTS) is 1. The van der Waals surface area contributed by atoms with Gasteiger partial charge in [-0.25, -0.2) is 13.9 Å². The van der Waals surface area contributed by atoms with E-state index in [1.807, 2.05) is 31.3 Å². The molecular weight excluding hydrogens is 692 g/mol. The number of hydrogen-bond donors (Lipinski definition) is 2. The van der Waals surface area contributed by atoms with E-state index < -0.39 is 18.0 Å². The number of thioether (sulfide) groups is 1. The molecule has 0 bridgehead atoms. The number of thiazole rings is 1. The van der Waals surface area contributed by atoms with Crippen LogP contribution in [0.3, 0.4) is 0 Å². The highest BCUT2D eigenvalue weighted by molar-refractivity contribution is 7.98. The van der Waals surface area contributed by atoms with Gasteiger partial charge in [-0.15, -0.1) is 0 Å². The first-order valence-corrected chi connectivity index (χ1v) is 14.9. The van der Waals surface area contributed by atoms with Crippen molar-refractivity contribution in [2.75, 3.05) is 6.26 Å². The second-order valence-corrected chi connectivity index (χ2v) is 12.0. The van der Waals surface area contributed by atoms with Crippen LogP contribution in [0.5, 0.6) is 0 Å². The standard InChI is InChI=1S/C29H29N4O4S2.2BrH/c1-17-22(25(29(36)37)33-24(17)23(18(2)34)26(33)35)21-15-32-16-31(27(38-3)28(32)39-21)14-20-10-6-5-9-19(20)13-30-11-7-4-8-12-30;;/h4-12,15-18,23-24,34H,13-14H2,1-3H3;2*1H/q+1;;/p-1/t17-,18+,23+,24+;;/m0../s1. The van der Waals surface area contributed by atoms with Gasteiger partial charge in [0.05, 0.1) is 22.9 Å². The number of aliphatic hydroxyl groups is 1. The first-order chi connectivity index (χ1) is 18.8. The summed E-state index contributed by atoms with van der Waals surface area (Å²) >= 11 is 3.21. The van der Waals surface area contributed by atoms with Crippen LogP contribution in [0.15, 0.2) is 78.1 Å². The van der Waals surface area contributed by atoms with Crippen molar-refractivity contribution in [3.63, 3.8) is 0 Å². The fraction of sp³-hybridized carbons (Fsp3) is 0.310. The smallest absolute Gasteiger partial charge is 0.352 e. The van der Waals surface area contributed by atoms with Gasteiger partial charge in [0, 0.05) is 34.8 Å². The van der Waals surface area contributed by atoms with E-state index in [-0.39, 0.29) is 57.5 Å². The summed E-state index contributed by atoms with van der Waals surface area (Å²) in [6.07, 6.45) is 9.40. The van der Waals surface area contributed by atoms with E-state index in [1.54, 1.807) is 30.0 Å². The van der Waals surface area contributed by atoms with Crippen LogP contribution in [0.2, 0.25) is 0 Å². The Morgan fingerprint density at radius 1 is 1.10 bits per heavy atom. The maximum atomic E-state index is 12.8. The second-order valence-electron chi connectivity index (χ2n) is 10.2. The van der Waals surface area contributed by atoms with Crippen LogP contribution in [-0.4, -0.2) is 49.8 Å². The summed E-state index contributed by atoms with van der Waals surface area (Å²) in [4.78, 5) is 28.3.